The maximum absolute atomic E-state index is 7.49. The van der Waals surface area contributed by atoms with Crippen LogP contribution in [0.5, 0.6) is 5.75 Å². The molecule has 0 saturated carbocycles. The predicted molar refractivity (Wildman–Crippen MR) is 68.2 cm³/mol. The Bertz CT molecular complexity index is 549. The molecule has 2 rings (SSSR count). The van der Waals surface area contributed by atoms with Crippen molar-refractivity contribution >= 4 is 5.84 Å². The van der Waals surface area contributed by atoms with Crippen molar-refractivity contribution in [1.82, 2.24) is 14.8 Å². The molecule has 0 aliphatic carbocycles. The van der Waals surface area contributed by atoms with E-state index in [2.05, 4.69) is 10.1 Å². The van der Waals surface area contributed by atoms with Gasteiger partial charge < -0.3 is 10.5 Å². The number of pyridine rings is 1. The molecule has 0 amide bonds. The number of amidine groups is 1. The van der Waals surface area contributed by atoms with Crippen LogP contribution < -0.4 is 10.5 Å². The smallest absolute Gasteiger partial charge is 0.157 e. The summed E-state index contributed by atoms with van der Waals surface area (Å²) in [5, 5.41) is 11.7. The normalized spacial score (nSPS) is 10.3. The lowest BCUT2D eigenvalue weighted by molar-refractivity contribution is 0.317. The van der Waals surface area contributed by atoms with Gasteiger partial charge in [-0.15, -0.1) is 0 Å². The first-order valence-corrected chi connectivity index (χ1v) is 5.69. The predicted octanol–water partition coefficient (Wildman–Crippen LogP) is 1.34. The van der Waals surface area contributed by atoms with Crippen molar-refractivity contribution in [3.05, 3.63) is 36.4 Å². The van der Waals surface area contributed by atoms with E-state index in [9.17, 15) is 0 Å². The highest BCUT2D eigenvalue weighted by atomic mass is 16.5. The second kappa shape index (κ2) is 5.31. The third-order valence-corrected chi connectivity index (χ3v) is 2.32. The molecular formula is C12H15N5O. The zero-order valence-corrected chi connectivity index (χ0v) is 10.1. The van der Waals surface area contributed by atoms with E-state index >= 15 is 0 Å². The van der Waals surface area contributed by atoms with Crippen LogP contribution >= 0.6 is 0 Å². The van der Waals surface area contributed by atoms with E-state index in [4.69, 9.17) is 15.9 Å². The molecule has 0 aliphatic rings. The Morgan fingerprint density at radius 3 is 3.11 bits per heavy atom. The topological polar surface area (TPSA) is 89.8 Å². The van der Waals surface area contributed by atoms with Gasteiger partial charge in [-0.1, -0.05) is 6.92 Å². The summed E-state index contributed by atoms with van der Waals surface area (Å²) in [6.07, 6.45) is 5.92. The monoisotopic (exact) mass is 245 g/mol. The fourth-order valence-corrected chi connectivity index (χ4v) is 1.52. The lowest BCUT2D eigenvalue weighted by Crippen LogP contribution is -2.16. The quantitative estimate of drug-likeness (QED) is 0.614. The van der Waals surface area contributed by atoms with E-state index < -0.39 is 0 Å². The molecule has 0 bridgehead atoms. The molecule has 0 fully saturated rings. The van der Waals surface area contributed by atoms with Gasteiger partial charge in [-0.25, -0.2) is 4.68 Å². The Balaban J connectivity index is 2.31. The summed E-state index contributed by atoms with van der Waals surface area (Å²) in [6, 6.07) is 3.58. The van der Waals surface area contributed by atoms with Crippen molar-refractivity contribution in [2.45, 2.75) is 13.3 Å². The highest BCUT2D eigenvalue weighted by Crippen LogP contribution is 2.15. The first-order valence-electron chi connectivity index (χ1n) is 5.69. The van der Waals surface area contributed by atoms with Gasteiger partial charge in [0.15, 0.2) is 5.75 Å². The molecule has 0 spiro atoms. The zero-order valence-electron chi connectivity index (χ0n) is 10.1. The molecule has 2 heterocycles. The fraction of sp³-hybridized carbons (Fsp3) is 0.250. The van der Waals surface area contributed by atoms with E-state index in [1.54, 1.807) is 35.4 Å². The Hall–Kier alpha value is -2.37. The molecule has 6 nitrogen and oxygen atoms in total. The number of hydrogen-bond acceptors (Lipinski definition) is 4. The number of ether oxygens (including phenoxy) is 1. The Morgan fingerprint density at radius 1 is 1.56 bits per heavy atom. The molecule has 0 atom stereocenters. The summed E-state index contributed by atoms with van der Waals surface area (Å²) in [4.78, 5) is 4.07. The minimum atomic E-state index is -0.0860. The molecule has 0 saturated heterocycles. The standard InChI is InChI=1S/C12H15N5O/c1-2-6-18-9-7-16-17(8-9)10-4-3-5-15-11(10)12(13)14/h3-5,7-8H,2,6H2,1H3,(H3,13,14). The van der Waals surface area contributed by atoms with Gasteiger partial charge in [-0.05, 0) is 18.6 Å². The average Bonchev–Trinajstić information content (AvgIpc) is 2.85. The van der Waals surface area contributed by atoms with Gasteiger partial charge in [0.1, 0.15) is 11.5 Å². The average molecular weight is 245 g/mol. The van der Waals surface area contributed by atoms with Gasteiger partial charge in [0.05, 0.1) is 24.7 Å². The first-order chi connectivity index (χ1) is 8.72. The van der Waals surface area contributed by atoms with Crippen molar-refractivity contribution in [3.63, 3.8) is 0 Å². The third-order valence-electron chi connectivity index (χ3n) is 2.32. The van der Waals surface area contributed by atoms with E-state index in [0.717, 1.165) is 6.42 Å². The minimum absolute atomic E-state index is 0.0860. The van der Waals surface area contributed by atoms with E-state index in [-0.39, 0.29) is 5.84 Å². The molecule has 0 radical (unpaired) electrons. The van der Waals surface area contributed by atoms with Crippen LogP contribution in [0.3, 0.4) is 0 Å². The lowest BCUT2D eigenvalue weighted by atomic mass is 10.3. The van der Waals surface area contributed by atoms with Gasteiger partial charge in [0.2, 0.25) is 0 Å². The lowest BCUT2D eigenvalue weighted by Gasteiger charge is -2.06. The van der Waals surface area contributed by atoms with Crippen LogP contribution in [-0.2, 0) is 0 Å². The molecular weight excluding hydrogens is 230 g/mol. The van der Waals surface area contributed by atoms with Crippen LogP contribution in [0, 0.1) is 5.41 Å². The van der Waals surface area contributed by atoms with Crippen LogP contribution in [0.25, 0.3) is 5.69 Å². The summed E-state index contributed by atoms with van der Waals surface area (Å²) in [6.45, 7) is 2.69. The van der Waals surface area contributed by atoms with Gasteiger partial charge >= 0.3 is 0 Å². The van der Waals surface area contributed by atoms with Crippen LogP contribution in [0.15, 0.2) is 30.7 Å². The summed E-state index contributed by atoms with van der Waals surface area (Å²) in [7, 11) is 0. The van der Waals surface area contributed by atoms with Crippen molar-refractivity contribution in [1.29, 1.82) is 5.41 Å². The van der Waals surface area contributed by atoms with Gasteiger partial charge in [-0.3, -0.25) is 10.4 Å². The van der Waals surface area contributed by atoms with E-state index in [1.165, 1.54) is 0 Å². The summed E-state index contributed by atoms with van der Waals surface area (Å²) >= 11 is 0. The SMILES string of the molecule is CCCOc1cnn(-c2cccnc2C(=N)N)c1. The molecule has 0 aliphatic heterocycles. The third kappa shape index (κ3) is 2.48. The molecule has 0 aromatic carbocycles. The second-order valence-corrected chi connectivity index (χ2v) is 3.75. The number of nitrogens with two attached hydrogens (primary N) is 1. The van der Waals surface area contributed by atoms with Gasteiger partial charge in [-0.2, -0.15) is 5.10 Å². The van der Waals surface area contributed by atoms with E-state index in [1.807, 2.05) is 6.92 Å². The van der Waals surface area contributed by atoms with Crippen LogP contribution in [0.1, 0.15) is 19.0 Å². The van der Waals surface area contributed by atoms with Gasteiger partial charge in [0, 0.05) is 6.20 Å². The Morgan fingerprint density at radius 2 is 2.39 bits per heavy atom. The van der Waals surface area contributed by atoms with Crippen LogP contribution in [0.2, 0.25) is 0 Å². The molecule has 94 valence electrons. The number of hydrogen-bond donors (Lipinski definition) is 2. The highest BCUT2D eigenvalue weighted by molar-refractivity contribution is 5.96. The second-order valence-electron chi connectivity index (χ2n) is 3.75. The summed E-state index contributed by atoms with van der Waals surface area (Å²) in [5.74, 6) is 0.604. The number of aromatic nitrogens is 3. The van der Waals surface area contributed by atoms with Crippen LogP contribution in [0.4, 0.5) is 0 Å². The summed E-state index contributed by atoms with van der Waals surface area (Å²) < 4.78 is 7.07. The minimum Gasteiger partial charge on any atom is -0.490 e. The number of nitrogen functional groups attached to an aromatic ring is 1. The van der Waals surface area contributed by atoms with Crippen molar-refractivity contribution in [2.24, 2.45) is 5.73 Å². The first kappa shape index (κ1) is 12.1. The molecule has 2 aromatic rings. The number of rotatable bonds is 5. The maximum atomic E-state index is 7.49. The zero-order chi connectivity index (χ0) is 13.0. The maximum Gasteiger partial charge on any atom is 0.157 e. The van der Waals surface area contributed by atoms with E-state index in [0.29, 0.717) is 23.7 Å². The van der Waals surface area contributed by atoms with Crippen molar-refractivity contribution < 1.29 is 4.74 Å². The number of nitrogens with one attached hydrogen (secondary N) is 1. The Labute approximate surface area is 105 Å². The van der Waals surface area contributed by atoms with Crippen molar-refractivity contribution in [2.75, 3.05) is 6.61 Å². The fourth-order valence-electron chi connectivity index (χ4n) is 1.52. The summed E-state index contributed by atoms with van der Waals surface area (Å²) in [5.41, 5.74) is 6.56. The molecule has 2 aromatic heterocycles. The molecule has 18 heavy (non-hydrogen) atoms. The van der Waals surface area contributed by atoms with Crippen molar-refractivity contribution in [3.8, 4) is 11.4 Å². The Kier molecular flexibility index (Phi) is 3.57. The largest absolute Gasteiger partial charge is 0.490 e. The number of nitrogens with zero attached hydrogens (tertiary/aromatic N) is 3. The molecule has 0 unspecified atom stereocenters. The highest BCUT2D eigenvalue weighted by Gasteiger charge is 2.09. The van der Waals surface area contributed by atoms with Gasteiger partial charge in [0.25, 0.3) is 0 Å². The molecule has 6 heteroatoms. The molecule has 3 N–H and O–H groups in total. The van der Waals surface area contributed by atoms with Crippen LogP contribution in [-0.4, -0.2) is 27.2 Å².